The van der Waals surface area contributed by atoms with Crippen molar-refractivity contribution in [2.45, 2.75) is 26.2 Å². The van der Waals surface area contributed by atoms with Gasteiger partial charge in [0.1, 0.15) is 5.82 Å². The summed E-state index contributed by atoms with van der Waals surface area (Å²) in [5, 5.41) is 7.11. The van der Waals surface area contributed by atoms with Crippen molar-refractivity contribution in [3.8, 4) is 0 Å². The maximum absolute atomic E-state index is 13.4. The van der Waals surface area contributed by atoms with Crippen LogP contribution in [0.5, 0.6) is 0 Å². The van der Waals surface area contributed by atoms with Gasteiger partial charge in [-0.2, -0.15) is 0 Å². The molecule has 0 atom stereocenters. The van der Waals surface area contributed by atoms with Crippen LogP contribution < -0.4 is 10.6 Å². The Morgan fingerprint density at radius 2 is 1.81 bits per heavy atom. The number of rotatable bonds is 8. The highest BCUT2D eigenvalue weighted by molar-refractivity contribution is 6.07. The van der Waals surface area contributed by atoms with Crippen LogP contribution in [-0.2, 0) is 24.7 Å². The first-order valence-electron chi connectivity index (χ1n) is 12.2. The fourth-order valence-corrected chi connectivity index (χ4v) is 4.58. The van der Waals surface area contributed by atoms with Crippen molar-refractivity contribution in [1.82, 2.24) is 19.9 Å². The van der Waals surface area contributed by atoms with Crippen LogP contribution in [0.3, 0.4) is 0 Å². The maximum Gasteiger partial charge on any atom is 0.253 e. The number of aryl methyl sites for hydroxylation is 1. The van der Waals surface area contributed by atoms with Gasteiger partial charge in [0.2, 0.25) is 5.91 Å². The highest BCUT2D eigenvalue weighted by atomic mass is 16.2. The van der Waals surface area contributed by atoms with Gasteiger partial charge in [-0.3, -0.25) is 9.59 Å². The van der Waals surface area contributed by atoms with Crippen molar-refractivity contribution >= 4 is 39.4 Å². The average molecular weight is 480 g/mol. The van der Waals surface area contributed by atoms with E-state index in [0.29, 0.717) is 42.6 Å². The number of imidazole rings is 1. The number of hydrogen-bond donors (Lipinski definition) is 3. The largest absolute Gasteiger partial charge is 0.361 e. The molecule has 3 aromatic carbocycles. The zero-order valence-corrected chi connectivity index (χ0v) is 20.5. The van der Waals surface area contributed by atoms with Gasteiger partial charge in [-0.05, 0) is 35.7 Å². The molecule has 3 N–H and O–H groups in total. The van der Waals surface area contributed by atoms with Gasteiger partial charge in [-0.15, -0.1) is 0 Å². The molecule has 2 heterocycles. The number of amides is 2. The first-order chi connectivity index (χ1) is 17.5. The minimum Gasteiger partial charge on any atom is -0.361 e. The Bertz CT molecular complexity index is 1550. The maximum atomic E-state index is 13.4. The summed E-state index contributed by atoms with van der Waals surface area (Å²) in [5.41, 5.74) is 5.87. The van der Waals surface area contributed by atoms with Crippen molar-refractivity contribution in [3.05, 3.63) is 95.4 Å². The lowest BCUT2D eigenvalue weighted by molar-refractivity contribution is -0.115. The molecule has 7 nitrogen and oxygen atoms in total. The number of carbonyl (C=O) groups is 2. The number of para-hydroxylation sites is 1. The molecule has 0 bridgehead atoms. The van der Waals surface area contributed by atoms with E-state index in [1.54, 1.807) is 13.0 Å². The number of hydrogen-bond acceptors (Lipinski definition) is 3. The van der Waals surface area contributed by atoms with Crippen LogP contribution in [0.1, 0.15) is 40.7 Å². The molecule has 0 fully saturated rings. The second-order valence-electron chi connectivity index (χ2n) is 8.91. The predicted octanol–water partition coefficient (Wildman–Crippen LogP) is 4.97. The van der Waals surface area contributed by atoms with E-state index in [2.05, 4.69) is 33.8 Å². The number of benzene rings is 3. The van der Waals surface area contributed by atoms with E-state index in [1.165, 1.54) is 0 Å². The lowest BCUT2D eigenvalue weighted by Gasteiger charge is -2.11. The van der Waals surface area contributed by atoms with Crippen LogP contribution in [0.15, 0.2) is 72.9 Å². The molecule has 2 amide bonds. The molecule has 0 unspecified atom stereocenters. The van der Waals surface area contributed by atoms with Gasteiger partial charge in [0, 0.05) is 49.2 Å². The van der Waals surface area contributed by atoms with Gasteiger partial charge < -0.3 is 20.2 Å². The number of aromatic amines is 1. The molecule has 0 aliphatic carbocycles. The zero-order valence-electron chi connectivity index (χ0n) is 20.5. The van der Waals surface area contributed by atoms with Crippen molar-refractivity contribution in [1.29, 1.82) is 0 Å². The standard InChI is InChI=1S/C29H29N5O2/c1-3-27(35)32-21-16-23(29(36)30-14-13-20-18-31-24-12-8-7-11-22(20)24)28-25(17-21)33-26(34(28)2)15-19-9-5-4-6-10-19/h4-12,16-18,31H,3,13-15H2,1-2H3,(H,30,36)(H,32,35). The Morgan fingerprint density at radius 1 is 1.03 bits per heavy atom. The highest BCUT2D eigenvalue weighted by Crippen LogP contribution is 2.26. The van der Waals surface area contributed by atoms with E-state index in [-0.39, 0.29) is 11.8 Å². The molecule has 2 aromatic heterocycles. The van der Waals surface area contributed by atoms with Crippen LogP contribution in [0.25, 0.3) is 21.9 Å². The third-order valence-electron chi connectivity index (χ3n) is 6.47. The van der Waals surface area contributed by atoms with Gasteiger partial charge >= 0.3 is 0 Å². The fraction of sp³-hybridized carbons (Fsp3) is 0.207. The third-order valence-corrected chi connectivity index (χ3v) is 6.47. The topological polar surface area (TPSA) is 91.8 Å². The summed E-state index contributed by atoms with van der Waals surface area (Å²) in [4.78, 5) is 33.6. The zero-order chi connectivity index (χ0) is 25.1. The van der Waals surface area contributed by atoms with Crippen molar-refractivity contribution < 1.29 is 9.59 Å². The van der Waals surface area contributed by atoms with E-state index >= 15 is 0 Å². The van der Waals surface area contributed by atoms with Crippen molar-refractivity contribution in [2.75, 3.05) is 11.9 Å². The van der Waals surface area contributed by atoms with Gasteiger partial charge in [0.05, 0.1) is 16.6 Å². The highest BCUT2D eigenvalue weighted by Gasteiger charge is 2.19. The molecule has 5 rings (SSSR count). The molecule has 0 radical (unpaired) electrons. The van der Waals surface area contributed by atoms with Crippen LogP contribution in [0.4, 0.5) is 5.69 Å². The predicted molar refractivity (Wildman–Crippen MR) is 143 cm³/mol. The van der Waals surface area contributed by atoms with E-state index in [9.17, 15) is 9.59 Å². The molecule has 0 saturated heterocycles. The number of fused-ring (bicyclic) bond motifs is 2. The van der Waals surface area contributed by atoms with Crippen LogP contribution >= 0.6 is 0 Å². The fourth-order valence-electron chi connectivity index (χ4n) is 4.58. The summed E-state index contributed by atoms with van der Waals surface area (Å²) in [7, 11) is 1.93. The van der Waals surface area contributed by atoms with E-state index < -0.39 is 0 Å². The second-order valence-corrected chi connectivity index (χ2v) is 8.91. The molecule has 0 saturated carbocycles. The van der Waals surface area contributed by atoms with Gasteiger partial charge in [0.15, 0.2) is 0 Å². The summed E-state index contributed by atoms with van der Waals surface area (Å²) >= 11 is 0. The lowest BCUT2D eigenvalue weighted by Crippen LogP contribution is -2.26. The first-order valence-corrected chi connectivity index (χ1v) is 12.2. The monoisotopic (exact) mass is 479 g/mol. The van der Waals surface area contributed by atoms with Crippen molar-refractivity contribution in [2.24, 2.45) is 7.05 Å². The Labute approximate surface area is 209 Å². The summed E-state index contributed by atoms with van der Waals surface area (Å²) in [5.74, 6) is 0.546. The number of H-pyrrole nitrogens is 1. The summed E-state index contributed by atoms with van der Waals surface area (Å²) in [6, 6.07) is 21.8. The van der Waals surface area contributed by atoms with Gasteiger partial charge in [0.25, 0.3) is 5.91 Å². The first kappa shape index (κ1) is 23.4. The molecular weight excluding hydrogens is 450 g/mol. The van der Waals surface area contributed by atoms with Gasteiger partial charge in [-0.25, -0.2) is 4.98 Å². The number of anilines is 1. The van der Waals surface area contributed by atoms with Gasteiger partial charge in [-0.1, -0.05) is 55.5 Å². The lowest BCUT2D eigenvalue weighted by atomic mass is 10.1. The van der Waals surface area contributed by atoms with E-state index in [0.717, 1.165) is 33.4 Å². The average Bonchev–Trinajstić information content (AvgIpc) is 3.44. The Hall–Kier alpha value is -4.39. The number of carbonyl (C=O) groups excluding carboxylic acids is 2. The minimum atomic E-state index is -0.193. The molecule has 0 spiro atoms. The Kier molecular flexibility index (Phi) is 6.54. The smallest absolute Gasteiger partial charge is 0.253 e. The molecular formula is C29H29N5O2. The molecule has 7 heteroatoms. The van der Waals surface area contributed by atoms with Crippen LogP contribution in [0.2, 0.25) is 0 Å². The van der Waals surface area contributed by atoms with Crippen LogP contribution in [0, 0.1) is 0 Å². The summed E-state index contributed by atoms with van der Waals surface area (Å²) < 4.78 is 1.97. The second kappa shape index (κ2) is 10.1. The third kappa shape index (κ3) is 4.73. The van der Waals surface area contributed by atoms with Crippen molar-refractivity contribution in [3.63, 3.8) is 0 Å². The number of aromatic nitrogens is 3. The normalized spacial score (nSPS) is 11.2. The number of nitrogens with zero attached hydrogens (tertiary/aromatic N) is 2. The molecule has 5 aromatic rings. The SMILES string of the molecule is CCC(=O)Nc1cc(C(=O)NCCc2c[nH]c3ccccc23)c2c(c1)nc(Cc1ccccc1)n2C. The number of nitrogens with one attached hydrogen (secondary N) is 3. The van der Waals surface area contributed by atoms with E-state index in [4.69, 9.17) is 4.98 Å². The van der Waals surface area contributed by atoms with E-state index in [1.807, 2.05) is 60.3 Å². The molecule has 36 heavy (non-hydrogen) atoms. The Balaban J connectivity index is 1.43. The minimum absolute atomic E-state index is 0.111. The summed E-state index contributed by atoms with van der Waals surface area (Å²) in [6.07, 6.45) is 3.69. The Morgan fingerprint density at radius 3 is 2.61 bits per heavy atom. The van der Waals surface area contributed by atoms with Crippen LogP contribution in [-0.4, -0.2) is 32.9 Å². The summed E-state index contributed by atoms with van der Waals surface area (Å²) in [6.45, 7) is 2.29. The molecule has 0 aliphatic heterocycles. The quantitative estimate of drug-likeness (QED) is 0.294. The molecule has 182 valence electrons. The molecule has 0 aliphatic rings.